The highest BCUT2D eigenvalue weighted by atomic mass is 35.5. The molecule has 0 aromatic carbocycles. The number of nitrogens with two attached hydrogens (primary N) is 1. The number of pyridine rings is 1. The fraction of sp³-hybridized carbons (Fsp3) is 0.640. The number of piperidine rings is 1. The van der Waals surface area contributed by atoms with Crippen LogP contribution >= 0.6 is 23.4 Å². The van der Waals surface area contributed by atoms with Gasteiger partial charge in [0.1, 0.15) is 16.5 Å². The Morgan fingerprint density at radius 3 is 2.56 bits per heavy atom. The molecule has 1 atom stereocenters. The van der Waals surface area contributed by atoms with Gasteiger partial charge < -0.3 is 30.5 Å². The van der Waals surface area contributed by atoms with Crippen LogP contribution < -0.4 is 15.5 Å². The van der Waals surface area contributed by atoms with Crippen molar-refractivity contribution in [3.63, 3.8) is 0 Å². The van der Waals surface area contributed by atoms with Crippen LogP contribution in [0.4, 0.5) is 11.6 Å². The minimum Gasteiger partial charge on any atom is -0.390 e. The number of aliphatic hydroxyl groups is 2. The van der Waals surface area contributed by atoms with Crippen molar-refractivity contribution in [2.75, 3.05) is 49.7 Å². The molecule has 0 saturated carbocycles. The summed E-state index contributed by atoms with van der Waals surface area (Å²) in [6, 6.07) is 1.84. The molecule has 4 heterocycles. The van der Waals surface area contributed by atoms with Gasteiger partial charge in [0.15, 0.2) is 5.82 Å². The Morgan fingerprint density at radius 1 is 1.25 bits per heavy atom. The Bertz CT molecular complexity index is 1050. The summed E-state index contributed by atoms with van der Waals surface area (Å²) in [5.41, 5.74) is 6.19. The van der Waals surface area contributed by atoms with E-state index in [-0.39, 0.29) is 24.0 Å². The van der Waals surface area contributed by atoms with Gasteiger partial charge in [0.05, 0.1) is 30.0 Å². The SMILES string of the molecule is COC[C@@H](N)C1(C)CCN(c2ncc(Sc3ccnc(N4CC(C(C)(C)O)C4)c3Cl)nc2CO)CC1. The van der Waals surface area contributed by atoms with E-state index in [1.54, 1.807) is 19.5 Å². The molecule has 2 aliphatic heterocycles. The number of hydrogen-bond acceptors (Lipinski definition) is 10. The molecular formula is C25H37ClN6O3S. The highest BCUT2D eigenvalue weighted by Gasteiger charge is 2.39. The number of methoxy groups -OCH3 is 1. The molecule has 2 aliphatic rings. The van der Waals surface area contributed by atoms with Gasteiger partial charge in [-0.1, -0.05) is 30.3 Å². The third-order valence-electron chi connectivity index (χ3n) is 7.63. The summed E-state index contributed by atoms with van der Waals surface area (Å²) in [7, 11) is 1.68. The number of nitrogens with zero attached hydrogens (tertiary/aromatic N) is 5. The van der Waals surface area contributed by atoms with Crippen LogP contribution in [-0.2, 0) is 11.3 Å². The summed E-state index contributed by atoms with van der Waals surface area (Å²) >= 11 is 8.12. The highest BCUT2D eigenvalue weighted by molar-refractivity contribution is 7.99. The fourth-order valence-corrected chi connectivity index (χ4v) is 5.87. The van der Waals surface area contributed by atoms with Crippen molar-refractivity contribution in [3.05, 3.63) is 29.2 Å². The number of halogens is 1. The fourth-order valence-electron chi connectivity index (χ4n) is 4.73. The first-order valence-corrected chi connectivity index (χ1v) is 13.5. The molecule has 4 N–H and O–H groups in total. The number of anilines is 2. The summed E-state index contributed by atoms with van der Waals surface area (Å²) < 4.78 is 5.27. The first kappa shape index (κ1) is 27.3. The van der Waals surface area contributed by atoms with Crippen molar-refractivity contribution < 1.29 is 14.9 Å². The van der Waals surface area contributed by atoms with Gasteiger partial charge >= 0.3 is 0 Å². The van der Waals surface area contributed by atoms with Crippen LogP contribution in [0.25, 0.3) is 0 Å². The van der Waals surface area contributed by atoms with E-state index in [0.29, 0.717) is 47.1 Å². The maximum Gasteiger partial charge on any atom is 0.152 e. The van der Waals surface area contributed by atoms with Gasteiger partial charge in [-0.25, -0.2) is 15.0 Å². The number of aliphatic hydroxyl groups excluding tert-OH is 1. The first-order valence-electron chi connectivity index (χ1n) is 12.3. The zero-order chi connectivity index (χ0) is 26.1. The lowest BCUT2D eigenvalue weighted by atomic mass is 9.74. The average Bonchev–Trinajstić information content (AvgIpc) is 2.80. The summed E-state index contributed by atoms with van der Waals surface area (Å²) in [4.78, 5) is 18.9. The molecule has 0 bridgehead atoms. The molecule has 4 rings (SSSR count). The second-order valence-corrected chi connectivity index (χ2v) is 12.1. The molecule has 2 aromatic heterocycles. The number of hydrogen-bond donors (Lipinski definition) is 3. The maximum absolute atomic E-state index is 10.2. The minimum atomic E-state index is -0.726. The van der Waals surface area contributed by atoms with Crippen molar-refractivity contribution in [1.82, 2.24) is 15.0 Å². The van der Waals surface area contributed by atoms with Gasteiger partial charge in [-0.15, -0.1) is 0 Å². The second kappa shape index (κ2) is 11.0. The van der Waals surface area contributed by atoms with Crippen LogP contribution in [0.5, 0.6) is 0 Å². The van der Waals surface area contributed by atoms with E-state index in [9.17, 15) is 10.2 Å². The van der Waals surface area contributed by atoms with Crippen LogP contribution in [-0.4, -0.2) is 76.7 Å². The Kier molecular flexibility index (Phi) is 8.33. The van der Waals surface area contributed by atoms with E-state index in [1.807, 2.05) is 19.9 Å². The van der Waals surface area contributed by atoms with Crippen molar-refractivity contribution >= 4 is 35.0 Å². The topological polar surface area (TPSA) is 121 Å². The third-order valence-corrected chi connectivity index (χ3v) is 9.08. The van der Waals surface area contributed by atoms with Gasteiger partial charge in [-0.2, -0.15) is 0 Å². The van der Waals surface area contributed by atoms with Crippen molar-refractivity contribution in [3.8, 4) is 0 Å². The Balaban J connectivity index is 1.45. The monoisotopic (exact) mass is 536 g/mol. The Morgan fingerprint density at radius 2 is 1.94 bits per heavy atom. The molecule has 2 aromatic rings. The smallest absolute Gasteiger partial charge is 0.152 e. The van der Waals surface area contributed by atoms with E-state index in [2.05, 4.69) is 26.7 Å². The van der Waals surface area contributed by atoms with Crippen LogP contribution in [0.2, 0.25) is 5.02 Å². The molecule has 198 valence electrons. The Hall–Kier alpha value is -1.69. The Labute approximate surface area is 222 Å². The average molecular weight is 537 g/mol. The van der Waals surface area contributed by atoms with E-state index in [4.69, 9.17) is 27.1 Å². The quantitative estimate of drug-likeness (QED) is 0.441. The highest BCUT2D eigenvalue weighted by Crippen LogP contribution is 2.41. The molecule has 36 heavy (non-hydrogen) atoms. The van der Waals surface area contributed by atoms with E-state index in [0.717, 1.165) is 30.8 Å². The van der Waals surface area contributed by atoms with E-state index < -0.39 is 5.60 Å². The third kappa shape index (κ3) is 5.74. The van der Waals surface area contributed by atoms with Crippen molar-refractivity contribution in [2.45, 2.75) is 61.8 Å². The van der Waals surface area contributed by atoms with E-state index in [1.165, 1.54) is 11.8 Å². The van der Waals surface area contributed by atoms with Crippen LogP contribution in [0.15, 0.2) is 28.4 Å². The normalized spacial score (nSPS) is 19.3. The molecule has 0 aliphatic carbocycles. The summed E-state index contributed by atoms with van der Waals surface area (Å²) in [5, 5.41) is 21.5. The van der Waals surface area contributed by atoms with Crippen molar-refractivity contribution in [1.29, 1.82) is 0 Å². The zero-order valence-corrected chi connectivity index (χ0v) is 23.0. The van der Waals surface area contributed by atoms with Crippen LogP contribution in [0.3, 0.4) is 0 Å². The van der Waals surface area contributed by atoms with Gasteiger partial charge in [0.25, 0.3) is 0 Å². The lowest BCUT2D eigenvalue weighted by Crippen LogP contribution is -2.56. The standard InChI is InChI=1S/C25H37ClN6O3S/c1-24(2,34)16-12-32(13-16)23-21(26)18(5-8-28-23)36-20-11-29-22(17(14-33)30-20)31-9-6-25(3,7-10-31)19(27)15-35-4/h5,8,11,16,19,33-34H,6-7,9-10,12-15,27H2,1-4H3/t19-/m1/s1. The number of rotatable bonds is 9. The molecule has 0 unspecified atom stereocenters. The molecule has 0 amide bonds. The van der Waals surface area contributed by atoms with Gasteiger partial charge in [0.2, 0.25) is 0 Å². The molecule has 0 radical (unpaired) electrons. The van der Waals surface area contributed by atoms with E-state index >= 15 is 0 Å². The molecule has 9 nitrogen and oxygen atoms in total. The molecule has 11 heteroatoms. The largest absolute Gasteiger partial charge is 0.390 e. The first-order chi connectivity index (χ1) is 17.1. The van der Waals surface area contributed by atoms with Gasteiger partial charge in [-0.3, -0.25) is 0 Å². The molecule has 2 fully saturated rings. The summed E-state index contributed by atoms with van der Waals surface area (Å²) in [6.07, 6.45) is 5.30. The molecule has 2 saturated heterocycles. The summed E-state index contributed by atoms with van der Waals surface area (Å²) in [5.74, 6) is 1.60. The van der Waals surface area contributed by atoms with Crippen LogP contribution in [0, 0.1) is 11.3 Å². The number of ether oxygens (including phenoxy) is 1. The molecule has 0 spiro atoms. The number of aromatic nitrogens is 3. The predicted molar refractivity (Wildman–Crippen MR) is 143 cm³/mol. The van der Waals surface area contributed by atoms with Gasteiger partial charge in [0, 0.05) is 56.3 Å². The maximum atomic E-state index is 10.2. The van der Waals surface area contributed by atoms with Crippen LogP contribution in [0.1, 0.15) is 39.3 Å². The zero-order valence-electron chi connectivity index (χ0n) is 21.4. The van der Waals surface area contributed by atoms with Gasteiger partial charge in [-0.05, 0) is 38.2 Å². The minimum absolute atomic E-state index is 0.00825. The lowest BCUT2D eigenvalue weighted by molar-refractivity contribution is 0.00438. The second-order valence-electron chi connectivity index (χ2n) is 10.6. The summed E-state index contributed by atoms with van der Waals surface area (Å²) in [6.45, 7) is 9.22. The lowest BCUT2D eigenvalue weighted by Gasteiger charge is -2.46. The predicted octanol–water partition coefficient (Wildman–Crippen LogP) is 2.96. The molecular weight excluding hydrogens is 500 g/mol. The van der Waals surface area contributed by atoms with Crippen molar-refractivity contribution in [2.24, 2.45) is 17.1 Å².